The Morgan fingerprint density at radius 1 is 1.10 bits per heavy atom. The van der Waals surface area contributed by atoms with Gasteiger partial charge in [0.1, 0.15) is 5.82 Å². The van der Waals surface area contributed by atoms with Crippen molar-refractivity contribution in [1.82, 2.24) is 15.3 Å². The van der Waals surface area contributed by atoms with E-state index < -0.39 is 0 Å². The molecule has 0 aliphatic heterocycles. The molecule has 1 aromatic carbocycles. The highest BCUT2D eigenvalue weighted by molar-refractivity contribution is 9.10. The quantitative estimate of drug-likeness (QED) is 0.894. The maximum atomic E-state index is 4.70. The van der Waals surface area contributed by atoms with Crippen LogP contribution in [0.2, 0.25) is 0 Å². The van der Waals surface area contributed by atoms with Gasteiger partial charge in [0.15, 0.2) is 0 Å². The molecule has 0 fully saturated rings. The second-order valence-corrected chi connectivity index (χ2v) is 6.40. The Bertz CT molecular complexity index is 585. The first-order valence-electron chi connectivity index (χ1n) is 7.24. The molecular weight excluding hydrogens is 326 g/mol. The van der Waals surface area contributed by atoms with E-state index in [9.17, 15) is 0 Å². The average molecular weight is 348 g/mol. The minimum absolute atomic E-state index is 0.428. The number of rotatable bonds is 5. The van der Waals surface area contributed by atoms with Crippen molar-refractivity contribution in [3.63, 3.8) is 0 Å². The lowest BCUT2D eigenvalue weighted by molar-refractivity contribution is 0.659. The van der Waals surface area contributed by atoms with Crippen LogP contribution in [-0.4, -0.2) is 23.6 Å². The van der Waals surface area contributed by atoms with Crippen molar-refractivity contribution in [1.29, 1.82) is 0 Å². The summed E-state index contributed by atoms with van der Waals surface area (Å²) in [5.74, 6) is 1.32. The highest BCUT2D eigenvalue weighted by Crippen LogP contribution is 2.21. The fourth-order valence-corrected chi connectivity index (χ4v) is 3.04. The smallest absolute Gasteiger partial charge is 0.133 e. The first kappa shape index (κ1) is 16.1. The van der Waals surface area contributed by atoms with Crippen molar-refractivity contribution >= 4 is 15.9 Å². The fraction of sp³-hybridized carbons (Fsp3) is 0.412. The van der Waals surface area contributed by atoms with Gasteiger partial charge in [-0.2, -0.15) is 0 Å². The van der Waals surface area contributed by atoms with Gasteiger partial charge in [-0.05, 0) is 50.1 Å². The largest absolute Gasteiger partial charge is 0.319 e. The Morgan fingerprint density at radius 3 is 2.19 bits per heavy atom. The Hall–Kier alpha value is -1.26. The van der Waals surface area contributed by atoms with Crippen molar-refractivity contribution in [2.24, 2.45) is 0 Å². The lowest BCUT2D eigenvalue weighted by Crippen LogP contribution is -2.18. The molecule has 21 heavy (non-hydrogen) atoms. The fourth-order valence-electron chi connectivity index (χ4n) is 2.78. The molecule has 1 atom stereocenters. The monoisotopic (exact) mass is 347 g/mol. The molecule has 0 saturated heterocycles. The van der Waals surface area contributed by atoms with E-state index in [1.807, 2.05) is 7.05 Å². The second-order valence-electron chi connectivity index (χ2n) is 5.49. The number of nitrogens with zero attached hydrogens (tertiary/aromatic N) is 2. The molecule has 0 aliphatic carbocycles. The standard InChI is InChI=1S/C17H22BrN3/c1-11(10-19-4)17-12(2)20-16(21-13(17)3)9-14-5-7-15(18)8-6-14/h5-8,11,19H,9-10H2,1-4H3. The summed E-state index contributed by atoms with van der Waals surface area (Å²) in [5, 5.41) is 3.22. The zero-order valence-corrected chi connectivity index (χ0v) is 14.7. The van der Waals surface area contributed by atoms with E-state index in [1.54, 1.807) is 0 Å². The van der Waals surface area contributed by atoms with Gasteiger partial charge in [-0.3, -0.25) is 0 Å². The van der Waals surface area contributed by atoms with Gasteiger partial charge >= 0.3 is 0 Å². The van der Waals surface area contributed by atoms with Crippen LogP contribution >= 0.6 is 15.9 Å². The molecule has 4 heteroatoms. The Morgan fingerprint density at radius 2 is 1.67 bits per heavy atom. The number of aromatic nitrogens is 2. The van der Waals surface area contributed by atoms with Gasteiger partial charge in [0, 0.05) is 28.8 Å². The summed E-state index contributed by atoms with van der Waals surface area (Å²) < 4.78 is 1.09. The molecule has 3 nitrogen and oxygen atoms in total. The van der Waals surface area contributed by atoms with E-state index in [0.717, 1.165) is 34.7 Å². The molecule has 0 radical (unpaired) electrons. The Labute approximate surface area is 135 Å². The molecule has 112 valence electrons. The lowest BCUT2D eigenvalue weighted by atomic mass is 9.98. The van der Waals surface area contributed by atoms with Gasteiger partial charge in [0.2, 0.25) is 0 Å². The Kier molecular flexibility index (Phi) is 5.48. The van der Waals surface area contributed by atoms with Crippen LogP contribution in [0.25, 0.3) is 0 Å². The van der Waals surface area contributed by atoms with Gasteiger partial charge in [-0.1, -0.05) is 35.0 Å². The molecule has 0 bridgehead atoms. The summed E-state index contributed by atoms with van der Waals surface area (Å²) in [5.41, 5.74) is 4.69. The van der Waals surface area contributed by atoms with Gasteiger partial charge in [0.25, 0.3) is 0 Å². The molecule has 1 unspecified atom stereocenters. The first-order chi connectivity index (χ1) is 10.0. The number of aryl methyl sites for hydroxylation is 2. The van der Waals surface area contributed by atoms with Crippen molar-refractivity contribution in [3.05, 3.63) is 57.1 Å². The number of benzene rings is 1. The van der Waals surface area contributed by atoms with Crippen molar-refractivity contribution < 1.29 is 0 Å². The van der Waals surface area contributed by atoms with Crippen LogP contribution in [0, 0.1) is 13.8 Å². The van der Waals surface area contributed by atoms with Crippen LogP contribution in [0.5, 0.6) is 0 Å². The predicted molar refractivity (Wildman–Crippen MR) is 90.8 cm³/mol. The maximum Gasteiger partial charge on any atom is 0.133 e. The minimum Gasteiger partial charge on any atom is -0.319 e. The van der Waals surface area contributed by atoms with E-state index in [0.29, 0.717) is 5.92 Å². The lowest BCUT2D eigenvalue weighted by Gasteiger charge is -2.17. The van der Waals surface area contributed by atoms with Gasteiger partial charge in [-0.15, -0.1) is 0 Å². The van der Waals surface area contributed by atoms with Crippen LogP contribution in [0.4, 0.5) is 0 Å². The third kappa shape index (κ3) is 4.11. The number of hydrogen-bond acceptors (Lipinski definition) is 3. The van der Waals surface area contributed by atoms with E-state index in [4.69, 9.17) is 9.97 Å². The topological polar surface area (TPSA) is 37.8 Å². The summed E-state index contributed by atoms with van der Waals surface area (Å²) in [7, 11) is 1.98. The van der Waals surface area contributed by atoms with Crippen LogP contribution in [0.1, 0.15) is 41.2 Å². The molecule has 2 rings (SSSR count). The van der Waals surface area contributed by atoms with Crippen LogP contribution in [0.3, 0.4) is 0 Å². The van der Waals surface area contributed by atoms with Crippen molar-refractivity contribution in [3.8, 4) is 0 Å². The van der Waals surface area contributed by atoms with Gasteiger partial charge < -0.3 is 5.32 Å². The zero-order chi connectivity index (χ0) is 15.4. The van der Waals surface area contributed by atoms with E-state index in [1.165, 1.54) is 11.1 Å². The number of likely N-dealkylation sites (N-methyl/N-ethyl adjacent to an activating group) is 1. The number of halogens is 1. The van der Waals surface area contributed by atoms with Gasteiger partial charge in [-0.25, -0.2) is 9.97 Å². The second kappa shape index (κ2) is 7.14. The average Bonchev–Trinajstić information content (AvgIpc) is 2.41. The molecular formula is C17H22BrN3. The molecule has 0 spiro atoms. The normalized spacial score (nSPS) is 12.4. The Balaban J connectivity index is 2.25. The summed E-state index contributed by atoms with van der Waals surface area (Å²) in [6, 6.07) is 8.32. The highest BCUT2D eigenvalue weighted by atomic mass is 79.9. The summed E-state index contributed by atoms with van der Waals surface area (Å²) in [6.45, 7) is 7.32. The van der Waals surface area contributed by atoms with Crippen LogP contribution < -0.4 is 5.32 Å². The van der Waals surface area contributed by atoms with Gasteiger partial charge in [0.05, 0.1) is 0 Å². The van der Waals surface area contributed by atoms with E-state index >= 15 is 0 Å². The van der Waals surface area contributed by atoms with E-state index in [2.05, 4.69) is 66.3 Å². The molecule has 1 aromatic heterocycles. The van der Waals surface area contributed by atoms with Crippen LogP contribution in [-0.2, 0) is 6.42 Å². The van der Waals surface area contributed by atoms with E-state index in [-0.39, 0.29) is 0 Å². The molecule has 1 N–H and O–H groups in total. The molecule has 0 aliphatic rings. The predicted octanol–water partition coefficient (Wildman–Crippen LogP) is 3.77. The van der Waals surface area contributed by atoms with Crippen molar-refractivity contribution in [2.75, 3.05) is 13.6 Å². The molecule has 0 amide bonds. The summed E-state index contributed by atoms with van der Waals surface area (Å²) in [4.78, 5) is 9.41. The van der Waals surface area contributed by atoms with Crippen molar-refractivity contribution in [2.45, 2.75) is 33.1 Å². The molecule has 2 aromatic rings. The summed E-state index contributed by atoms with van der Waals surface area (Å²) >= 11 is 3.46. The molecule has 0 saturated carbocycles. The minimum atomic E-state index is 0.428. The SMILES string of the molecule is CNCC(C)c1c(C)nc(Cc2ccc(Br)cc2)nc1C. The third-order valence-electron chi connectivity index (χ3n) is 3.65. The molecule has 1 heterocycles. The first-order valence-corrected chi connectivity index (χ1v) is 8.03. The zero-order valence-electron chi connectivity index (χ0n) is 13.1. The summed E-state index contributed by atoms with van der Waals surface area (Å²) in [6.07, 6.45) is 0.773. The number of nitrogens with one attached hydrogen (secondary N) is 1. The highest BCUT2D eigenvalue weighted by Gasteiger charge is 2.14. The third-order valence-corrected chi connectivity index (χ3v) is 4.18. The number of hydrogen-bond donors (Lipinski definition) is 1. The van der Waals surface area contributed by atoms with Crippen LogP contribution in [0.15, 0.2) is 28.7 Å². The maximum absolute atomic E-state index is 4.70.